The normalized spacial score (nSPS) is 12.6. The molecule has 0 radical (unpaired) electrons. The van der Waals surface area contributed by atoms with E-state index in [1.165, 1.54) is 167 Å². The van der Waals surface area contributed by atoms with E-state index in [0.717, 1.165) is 77.0 Å². The standard InChI is InChI=1S/C59H106O5/c1-4-7-10-13-16-19-22-25-28-30-32-34-37-40-43-46-49-52-58(60)63-56-57(55-62-54-51-48-45-42-39-36-27-24-21-18-15-12-9-6-3)64-59(61)53-50-47-44-41-38-35-33-31-29-26-23-20-17-14-11-8-5-2/h7,10,12,15-16,19,21,24-25,28,57H,4-6,8-9,11,13-14,17-18,20,22-23,26-27,29-56H2,1-3H3/b10-7-,15-12-,19-16-,24-21-,28-25-. The third kappa shape index (κ3) is 52.2. The number of carbonyl (C=O) groups excluding carboxylic acids is 2. The van der Waals surface area contributed by atoms with Crippen molar-refractivity contribution in [2.24, 2.45) is 0 Å². The van der Waals surface area contributed by atoms with Crippen molar-refractivity contribution in [1.29, 1.82) is 0 Å². The summed E-state index contributed by atoms with van der Waals surface area (Å²) in [4.78, 5) is 25.5. The molecule has 0 fully saturated rings. The Morgan fingerprint density at radius 3 is 1.19 bits per heavy atom. The van der Waals surface area contributed by atoms with Crippen LogP contribution in [0, 0.1) is 0 Å². The van der Waals surface area contributed by atoms with Gasteiger partial charge in [-0.25, -0.2) is 0 Å². The number of hydrogen-bond donors (Lipinski definition) is 0. The monoisotopic (exact) mass is 895 g/mol. The predicted molar refractivity (Wildman–Crippen MR) is 279 cm³/mol. The fraction of sp³-hybridized carbons (Fsp3) is 0.797. The van der Waals surface area contributed by atoms with Crippen LogP contribution in [0.2, 0.25) is 0 Å². The van der Waals surface area contributed by atoms with E-state index in [9.17, 15) is 9.59 Å². The van der Waals surface area contributed by atoms with Crippen LogP contribution in [0.1, 0.15) is 278 Å². The molecule has 5 nitrogen and oxygen atoms in total. The van der Waals surface area contributed by atoms with Crippen LogP contribution in [-0.2, 0) is 23.8 Å². The molecule has 0 aromatic heterocycles. The lowest BCUT2D eigenvalue weighted by Crippen LogP contribution is -2.30. The van der Waals surface area contributed by atoms with Gasteiger partial charge in [-0.1, -0.05) is 248 Å². The maximum atomic E-state index is 12.8. The van der Waals surface area contributed by atoms with Gasteiger partial charge in [0, 0.05) is 19.4 Å². The summed E-state index contributed by atoms with van der Waals surface area (Å²) in [5.74, 6) is -0.403. The summed E-state index contributed by atoms with van der Waals surface area (Å²) < 4.78 is 17.4. The third-order valence-electron chi connectivity index (χ3n) is 12.0. The number of ether oxygens (including phenoxy) is 3. The Morgan fingerprint density at radius 1 is 0.359 bits per heavy atom. The fourth-order valence-corrected chi connectivity index (χ4v) is 7.92. The minimum atomic E-state index is -0.545. The molecule has 64 heavy (non-hydrogen) atoms. The van der Waals surface area contributed by atoms with E-state index < -0.39 is 6.10 Å². The summed E-state index contributed by atoms with van der Waals surface area (Å²) in [7, 11) is 0. The van der Waals surface area contributed by atoms with Crippen LogP contribution in [0.4, 0.5) is 0 Å². The van der Waals surface area contributed by atoms with Gasteiger partial charge in [0.05, 0.1) is 6.61 Å². The second-order valence-electron chi connectivity index (χ2n) is 18.5. The van der Waals surface area contributed by atoms with Crippen molar-refractivity contribution in [1.82, 2.24) is 0 Å². The van der Waals surface area contributed by atoms with Crippen LogP contribution in [-0.4, -0.2) is 37.9 Å². The first-order valence-electron chi connectivity index (χ1n) is 27.8. The van der Waals surface area contributed by atoms with Crippen LogP contribution in [0.5, 0.6) is 0 Å². The van der Waals surface area contributed by atoms with Crippen molar-refractivity contribution in [3.8, 4) is 0 Å². The van der Waals surface area contributed by atoms with E-state index in [1.54, 1.807) is 0 Å². The maximum Gasteiger partial charge on any atom is 0.306 e. The lowest BCUT2D eigenvalue weighted by molar-refractivity contribution is -0.163. The molecule has 0 N–H and O–H groups in total. The van der Waals surface area contributed by atoms with Gasteiger partial charge in [-0.2, -0.15) is 0 Å². The smallest absolute Gasteiger partial charge is 0.306 e. The number of unbranched alkanes of at least 4 members (excludes halogenated alkanes) is 30. The summed E-state index contributed by atoms with van der Waals surface area (Å²) in [5.41, 5.74) is 0. The van der Waals surface area contributed by atoms with Gasteiger partial charge in [0.2, 0.25) is 0 Å². The van der Waals surface area contributed by atoms with E-state index >= 15 is 0 Å². The SMILES string of the molecule is CC/C=C\C/C=C\C/C=C\CCCCCCCCCC(=O)OCC(COCCCCCCCC/C=C\C/C=C\CCC)OC(=O)CCCCCCCCCCCCCCCCCCC. The van der Waals surface area contributed by atoms with Crippen LogP contribution in [0.25, 0.3) is 0 Å². The largest absolute Gasteiger partial charge is 0.462 e. The molecule has 0 aliphatic carbocycles. The molecule has 0 aliphatic rings. The van der Waals surface area contributed by atoms with Crippen LogP contribution < -0.4 is 0 Å². The molecule has 5 heteroatoms. The molecule has 1 atom stereocenters. The quantitative estimate of drug-likeness (QED) is 0.0346. The number of allylic oxidation sites excluding steroid dienone is 10. The van der Waals surface area contributed by atoms with Gasteiger partial charge in [-0.3, -0.25) is 9.59 Å². The highest BCUT2D eigenvalue weighted by Gasteiger charge is 2.17. The third-order valence-corrected chi connectivity index (χ3v) is 12.0. The number of rotatable bonds is 51. The fourth-order valence-electron chi connectivity index (χ4n) is 7.92. The van der Waals surface area contributed by atoms with Crippen molar-refractivity contribution < 1.29 is 23.8 Å². The molecule has 372 valence electrons. The first-order chi connectivity index (χ1) is 31.6. The molecule has 0 saturated heterocycles. The number of carbonyl (C=O) groups is 2. The summed E-state index contributed by atoms with van der Waals surface area (Å²) >= 11 is 0. The molecule has 0 heterocycles. The number of esters is 2. The van der Waals surface area contributed by atoms with Gasteiger partial charge < -0.3 is 14.2 Å². The summed E-state index contributed by atoms with van der Waals surface area (Å²) in [6, 6.07) is 0. The Morgan fingerprint density at radius 2 is 0.734 bits per heavy atom. The van der Waals surface area contributed by atoms with Gasteiger partial charge in [-0.15, -0.1) is 0 Å². The highest BCUT2D eigenvalue weighted by Crippen LogP contribution is 2.16. The summed E-state index contributed by atoms with van der Waals surface area (Å²) in [6.07, 6.45) is 69.5. The second-order valence-corrected chi connectivity index (χ2v) is 18.5. The Balaban J connectivity index is 4.27. The van der Waals surface area contributed by atoms with Gasteiger partial charge >= 0.3 is 11.9 Å². The zero-order valence-electron chi connectivity index (χ0n) is 42.8. The molecule has 0 spiro atoms. The highest BCUT2D eigenvalue weighted by molar-refractivity contribution is 5.70. The topological polar surface area (TPSA) is 61.8 Å². The maximum absolute atomic E-state index is 12.8. The van der Waals surface area contributed by atoms with Crippen molar-refractivity contribution >= 4 is 11.9 Å². The highest BCUT2D eigenvalue weighted by atomic mass is 16.6. The average molecular weight is 895 g/mol. The molecular weight excluding hydrogens is 789 g/mol. The minimum Gasteiger partial charge on any atom is -0.462 e. The van der Waals surface area contributed by atoms with Crippen molar-refractivity contribution in [3.05, 3.63) is 60.8 Å². The summed E-state index contributed by atoms with van der Waals surface area (Å²) in [5, 5.41) is 0. The first-order valence-corrected chi connectivity index (χ1v) is 27.8. The Kier molecular flexibility index (Phi) is 52.9. The number of hydrogen-bond acceptors (Lipinski definition) is 5. The molecule has 1 unspecified atom stereocenters. The first kappa shape index (κ1) is 61.6. The van der Waals surface area contributed by atoms with E-state index in [1.807, 2.05) is 0 Å². The van der Waals surface area contributed by atoms with Crippen LogP contribution in [0.15, 0.2) is 60.8 Å². The predicted octanol–water partition coefficient (Wildman–Crippen LogP) is 18.9. The van der Waals surface area contributed by atoms with Crippen molar-refractivity contribution in [2.75, 3.05) is 19.8 Å². The van der Waals surface area contributed by atoms with E-state index in [2.05, 4.69) is 81.5 Å². The molecule has 0 aromatic carbocycles. The lowest BCUT2D eigenvalue weighted by atomic mass is 10.0. The average Bonchev–Trinajstić information content (AvgIpc) is 3.30. The Bertz CT molecular complexity index is 1100. The van der Waals surface area contributed by atoms with Crippen LogP contribution >= 0.6 is 0 Å². The van der Waals surface area contributed by atoms with Gasteiger partial charge in [0.1, 0.15) is 6.61 Å². The Hall–Kier alpha value is -2.40. The molecule has 0 rings (SSSR count). The zero-order chi connectivity index (χ0) is 46.3. The van der Waals surface area contributed by atoms with Crippen molar-refractivity contribution in [3.63, 3.8) is 0 Å². The van der Waals surface area contributed by atoms with Gasteiger partial charge in [-0.05, 0) is 77.0 Å². The molecule has 0 aromatic rings. The van der Waals surface area contributed by atoms with Crippen molar-refractivity contribution in [2.45, 2.75) is 284 Å². The minimum absolute atomic E-state index is 0.0775. The molecule has 0 amide bonds. The molecule has 0 aliphatic heterocycles. The van der Waals surface area contributed by atoms with E-state index in [4.69, 9.17) is 14.2 Å². The van der Waals surface area contributed by atoms with Gasteiger partial charge in [0.15, 0.2) is 6.10 Å². The molecule has 0 bridgehead atoms. The molecule has 0 saturated carbocycles. The van der Waals surface area contributed by atoms with E-state index in [-0.39, 0.29) is 25.2 Å². The molecular formula is C59H106O5. The summed E-state index contributed by atoms with van der Waals surface area (Å²) in [6.45, 7) is 7.66. The van der Waals surface area contributed by atoms with E-state index in [0.29, 0.717) is 19.4 Å². The second kappa shape index (κ2) is 54.9. The Labute approximate surface area is 398 Å². The van der Waals surface area contributed by atoms with Gasteiger partial charge in [0.25, 0.3) is 0 Å². The van der Waals surface area contributed by atoms with Crippen LogP contribution in [0.3, 0.4) is 0 Å². The lowest BCUT2D eigenvalue weighted by Gasteiger charge is -2.18. The zero-order valence-corrected chi connectivity index (χ0v) is 42.8.